The van der Waals surface area contributed by atoms with Gasteiger partial charge in [-0.1, -0.05) is 418 Å². The molecule has 19 rings (SSSR count). The van der Waals surface area contributed by atoms with Crippen molar-refractivity contribution in [1.82, 2.24) is 18.3 Å². The Morgan fingerprint density at radius 2 is 0.443 bits per heavy atom. The quantitative estimate of drug-likeness (QED) is 0.152. The highest BCUT2D eigenvalue weighted by atomic mass is 15.0. The molecule has 4 heterocycles. The zero-order valence-electron chi connectivity index (χ0n) is 80.3. The third-order valence-electron chi connectivity index (χ3n) is 24.3. The summed E-state index contributed by atoms with van der Waals surface area (Å²) in [6.45, 7) is 47.9. The van der Waals surface area contributed by atoms with E-state index in [1.807, 2.05) is 30.3 Å². The smallest absolute Gasteiger partial charge is 0.0629 e. The lowest BCUT2D eigenvalue weighted by atomic mass is 9.78. The molecule has 0 bridgehead atoms. The molecule has 15 aromatic carbocycles. The molecule has 0 amide bonds. The Balaban J connectivity index is 0.000000125. The molecule has 0 atom stereocenters. The third kappa shape index (κ3) is 16.2. The second kappa shape index (κ2) is 32.1. The van der Waals surface area contributed by atoms with Gasteiger partial charge in [0.1, 0.15) is 0 Å². The number of nitrogens with zero attached hydrogens (tertiary/aromatic N) is 4. The van der Waals surface area contributed by atoms with Crippen molar-refractivity contribution in [2.24, 2.45) is 0 Å². The van der Waals surface area contributed by atoms with Gasteiger partial charge in [0.25, 0.3) is 0 Å². The summed E-state index contributed by atoms with van der Waals surface area (Å²) in [5.41, 5.74) is 30.5. The normalized spacial score (nSPS) is 13.0. The zero-order valence-corrected chi connectivity index (χ0v) is 75.3. The van der Waals surface area contributed by atoms with E-state index in [0.29, 0.717) is 5.56 Å². The van der Waals surface area contributed by atoms with Crippen molar-refractivity contribution in [3.05, 3.63) is 385 Å². The number of benzene rings is 15. The van der Waals surface area contributed by atoms with Crippen molar-refractivity contribution in [1.29, 1.82) is 0 Å². The molecule has 0 fully saturated rings. The maximum absolute atomic E-state index is 8.30. The highest BCUT2D eigenvalue weighted by Crippen LogP contribution is 2.46. The largest absolute Gasteiger partial charge is 0.309 e. The average molecular weight is 1600 g/mol. The molecule has 4 aromatic heterocycles. The van der Waals surface area contributed by atoms with Gasteiger partial charge in [-0.3, -0.25) is 0 Å². The molecule has 19 aromatic rings. The van der Waals surface area contributed by atoms with E-state index in [9.17, 15) is 0 Å². The lowest BCUT2D eigenvalue weighted by molar-refractivity contribution is 0.578. The molecular formula is C118H120N4. The van der Waals surface area contributed by atoms with Gasteiger partial charge < -0.3 is 18.3 Å². The summed E-state index contributed by atoms with van der Waals surface area (Å²) in [4.78, 5) is 0. The minimum absolute atomic E-state index is 0.0422. The fourth-order valence-electron chi connectivity index (χ4n) is 18.0. The van der Waals surface area contributed by atoms with Gasteiger partial charge in [-0.2, -0.15) is 0 Å². The molecule has 0 aliphatic rings. The van der Waals surface area contributed by atoms with E-state index >= 15 is 0 Å². The second-order valence-corrected chi connectivity index (χ2v) is 40.3. The van der Waals surface area contributed by atoms with E-state index in [1.165, 1.54) is 154 Å². The monoisotopic (exact) mass is 1600 g/mol. The predicted molar refractivity (Wildman–Crippen MR) is 530 cm³/mol. The van der Waals surface area contributed by atoms with Crippen LogP contribution in [0, 0.1) is 0 Å². The van der Waals surface area contributed by atoms with Crippen LogP contribution in [0.3, 0.4) is 0 Å². The van der Waals surface area contributed by atoms with Crippen LogP contribution in [-0.4, -0.2) is 18.3 Å². The van der Waals surface area contributed by atoms with Crippen LogP contribution in [0.2, 0.25) is 0 Å². The van der Waals surface area contributed by atoms with Gasteiger partial charge in [0.15, 0.2) is 0 Å². The Labute approximate surface area is 731 Å². The minimum atomic E-state index is -0.379. The van der Waals surface area contributed by atoms with E-state index < -0.39 is 0 Å². The average Bonchev–Trinajstić information content (AvgIpc) is 1.59. The van der Waals surface area contributed by atoms with Gasteiger partial charge in [0.2, 0.25) is 0 Å². The molecule has 612 valence electrons. The Hall–Kier alpha value is -12.5. The van der Waals surface area contributed by atoms with Crippen LogP contribution >= 0.6 is 0 Å². The van der Waals surface area contributed by atoms with Crippen LogP contribution in [0.1, 0.15) is 191 Å². The van der Waals surface area contributed by atoms with Gasteiger partial charge in [-0.25, -0.2) is 0 Å². The predicted octanol–water partition coefficient (Wildman–Crippen LogP) is 33.2. The van der Waals surface area contributed by atoms with Crippen molar-refractivity contribution in [3.8, 4) is 56.1 Å². The molecule has 0 unspecified atom stereocenters. The number of aromatic nitrogens is 4. The van der Waals surface area contributed by atoms with Crippen LogP contribution in [0.5, 0.6) is 0 Å². The maximum atomic E-state index is 8.30. The molecule has 4 nitrogen and oxygen atoms in total. The summed E-state index contributed by atoms with van der Waals surface area (Å²) in [5.74, 6) is 0. The zero-order chi connectivity index (χ0) is 90.5. The summed E-state index contributed by atoms with van der Waals surface area (Å²) in [7, 11) is 0. The van der Waals surface area contributed by atoms with Crippen molar-refractivity contribution in [2.45, 2.75) is 183 Å². The van der Waals surface area contributed by atoms with E-state index in [2.05, 4.69) is 449 Å². The molecule has 0 spiro atoms. The number of para-hydroxylation sites is 8. The van der Waals surface area contributed by atoms with Crippen LogP contribution in [0.25, 0.3) is 143 Å². The number of fused-ring (bicyclic) bond motifs is 12. The van der Waals surface area contributed by atoms with E-state index in [0.717, 1.165) is 16.7 Å². The van der Waals surface area contributed by atoms with Gasteiger partial charge >= 0.3 is 0 Å². The molecular weight excluding hydrogens is 1470 g/mol. The highest BCUT2D eigenvalue weighted by Gasteiger charge is 2.29. The standard InChI is InChI=1S/C36H41N.2C28H25N.C26H29N/c1-34(2,3)25-19-22-30(35(4,5)6)29(23-25)24-17-20-26(21-18-24)37-32-16-11-10-13-27(32)28-14-12-15-31(33(28)37)36(7,8)9;2*1-28(2,3)25-14-9-13-24-23-12-7-8-15-26(23)29(27(24)25)22-18-16-21(17-19-22)20-10-5-4-6-11-20;1-25(2,3)18-14-16-19(17-15-18)27-23-13-8-7-10-20(23)21-11-9-12-22(24(21)27)26(4,5)6/h10-23H,1-9H3;2*4-19H,1-3H3;7-17H,1-6H3/i;4D,5D,6D,10D,11D;;. The summed E-state index contributed by atoms with van der Waals surface area (Å²) in [5, 5.41) is 10.3. The summed E-state index contributed by atoms with van der Waals surface area (Å²) < 4.78 is 50.0. The van der Waals surface area contributed by atoms with Gasteiger partial charge in [0.05, 0.1) is 51.0 Å². The van der Waals surface area contributed by atoms with Gasteiger partial charge in [0, 0.05) is 65.8 Å². The Kier molecular flexibility index (Phi) is 20.3. The number of rotatable bonds is 7. The summed E-state index contributed by atoms with van der Waals surface area (Å²) >= 11 is 0. The van der Waals surface area contributed by atoms with Gasteiger partial charge in [-0.05, 0) is 183 Å². The molecule has 0 radical (unpaired) electrons. The number of hydrogen-bond acceptors (Lipinski definition) is 0. The summed E-state index contributed by atoms with van der Waals surface area (Å²) in [6, 6.07) is 112. The first kappa shape index (κ1) is 76.9. The van der Waals surface area contributed by atoms with Crippen molar-refractivity contribution >= 4 is 87.2 Å². The van der Waals surface area contributed by atoms with E-state index in [1.54, 1.807) is 0 Å². The molecule has 4 heteroatoms. The SMILES string of the molecule is CC(C)(C)c1ccc(-n2c3ccccc3c3cccc(C(C)(C)C)c32)cc1.CC(C)(C)c1ccc(C(C)(C)C)c(-c2ccc(-n3c4ccccc4c4cccc(C(C)(C)C)c43)cc2)c1.CC(C)(C)c1cccc2c3ccccc3n(-c3ccc(-c4ccccc4)cc3)c12.[2H]c1c([2H])c([2H])c(-c2ccc(-n3c4ccccc4c4cccc(C(C)(C)C)c43)cc2)c([2H])c1[2H]. The Morgan fingerprint density at radius 3 is 0.746 bits per heavy atom. The fourth-order valence-corrected chi connectivity index (χ4v) is 18.0. The van der Waals surface area contributed by atoms with Crippen LogP contribution in [0.15, 0.2) is 346 Å². The highest BCUT2D eigenvalue weighted by molar-refractivity contribution is 6.14. The lowest BCUT2D eigenvalue weighted by Crippen LogP contribution is -2.16. The molecule has 0 aliphatic heterocycles. The molecule has 0 aliphatic carbocycles. The van der Waals surface area contributed by atoms with E-state index in [4.69, 9.17) is 6.85 Å². The van der Waals surface area contributed by atoms with Crippen LogP contribution in [-0.2, 0) is 37.9 Å². The first-order valence-corrected chi connectivity index (χ1v) is 43.4. The molecule has 0 N–H and O–H groups in total. The van der Waals surface area contributed by atoms with Crippen molar-refractivity contribution in [2.75, 3.05) is 0 Å². The molecule has 0 saturated carbocycles. The van der Waals surface area contributed by atoms with Crippen molar-refractivity contribution < 1.29 is 6.85 Å². The van der Waals surface area contributed by atoms with Crippen LogP contribution < -0.4 is 0 Å². The summed E-state index contributed by atoms with van der Waals surface area (Å²) in [6.07, 6.45) is 0. The lowest BCUT2D eigenvalue weighted by Gasteiger charge is -2.27. The van der Waals surface area contributed by atoms with Crippen molar-refractivity contribution in [3.63, 3.8) is 0 Å². The Morgan fingerprint density at radius 1 is 0.189 bits per heavy atom. The van der Waals surface area contributed by atoms with Gasteiger partial charge in [-0.15, -0.1) is 0 Å². The first-order chi connectivity index (χ1) is 60.1. The van der Waals surface area contributed by atoms with E-state index in [-0.39, 0.29) is 73.7 Å². The second-order valence-electron chi connectivity index (χ2n) is 40.3. The third-order valence-corrected chi connectivity index (χ3v) is 24.3. The maximum Gasteiger partial charge on any atom is 0.0629 e. The molecule has 122 heavy (non-hydrogen) atoms. The number of hydrogen-bond donors (Lipinski definition) is 0. The minimum Gasteiger partial charge on any atom is -0.309 e. The van der Waals surface area contributed by atoms with Crippen LogP contribution in [0.4, 0.5) is 0 Å². The molecule has 0 saturated heterocycles. The first-order valence-electron chi connectivity index (χ1n) is 45.9. The fraction of sp³-hybridized carbons (Fsp3) is 0.237. The topological polar surface area (TPSA) is 19.7 Å². The Bertz CT molecular complexity index is 7320.